The van der Waals surface area contributed by atoms with Crippen LogP contribution in [0.3, 0.4) is 0 Å². The Bertz CT molecular complexity index is 402. The average Bonchev–Trinajstić information content (AvgIpc) is 2.40. The van der Waals surface area contributed by atoms with Gasteiger partial charge in [0.15, 0.2) is 0 Å². The number of pyridine rings is 1. The van der Waals surface area contributed by atoms with Crippen LogP contribution in [0.5, 0.6) is 0 Å². The van der Waals surface area contributed by atoms with Crippen LogP contribution in [0.2, 0.25) is 0 Å². The summed E-state index contributed by atoms with van der Waals surface area (Å²) in [4.78, 5) is 18.0. The van der Waals surface area contributed by atoms with Gasteiger partial charge in [-0.25, -0.2) is 4.98 Å². The van der Waals surface area contributed by atoms with Crippen LogP contribution in [0, 0.1) is 0 Å². The number of nitrogens with one attached hydrogen (secondary N) is 1. The maximum absolute atomic E-state index is 11.9. The predicted octanol–water partition coefficient (Wildman–Crippen LogP) is 1.48. The van der Waals surface area contributed by atoms with Crippen LogP contribution in [0.25, 0.3) is 0 Å². The molecule has 1 aliphatic heterocycles. The van der Waals surface area contributed by atoms with E-state index in [2.05, 4.69) is 10.3 Å². The monoisotopic (exact) mass is 248 g/mol. The first-order valence-electron chi connectivity index (χ1n) is 6.49. The van der Waals surface area contributed by atoms with E-state index >= 15 is 0 Å². The van der Waals surface area contributed by atoms with E-state index in [-0.39, 0.29) is 5.91 Å². The van der Waals surface area contributed by atoms with Gasteiger partial charge in [-0.05, 0) is 25.3 Å². The third kappa shape index (κ3) is 3.61. The van der Waals surface area contributed by atoms with Gasteiger partial charge in [0.1, 0.15) is 5.82 Å². The van der Waals surface area contributed by atoms with Crippen LogP contribution in [-0.2, 0) is 4.79 Å². The van der Waals surface area contributed by atoms with E-state index in [9.17, 15) is 4.79 Å². The van der Waals surface area contributed by atoms with Gasteiger partial charge in [0.05, 0.1) is 0 Å². The summed E-state index contributed by atoms with van der Waals surface area (Å²) in [5.74, 6) is 0.951. The summed E-state index contributed by atoms with van der Waals surface area (Å²) in [6.45, 7) is 2.43. The van der Waals surface area contributed by atoms with Crippen molar-refractivity contribution in [1.29, 1.82) is 0 Å². The van der Waals surface area contributed by atoms with Crippen molar-refractivity contribution in [3.63, 3.8) is 0 Å². The number of carbonyl (C=O) groups is 1. The highest BCUT2D eigenvalue weighted by Crippen LogP contribution is 2.11. The van der Waals surface area contributed by atoms with Crippen LogP contribution < -0.4 is 11.1 Å². The number of hydrogen-bond acceptors (Lipinski definition) is 4. The molecule has 0 radical (unpaired) electrons. The Kier molecular flexibility index (Phi) is 4.39. The van der Waals surface area contributed by atoms with Gasteiger partial charge in [-0.3, -0.25) is 4.79 Å². The Hall–Kier alpha value is -1.78. The Balaban J connectivity index is 1.73. The molecule has 2 rings (SSSR count). The SMILES string of the molecule is Nc1ccnc(NCCC(=O)N2CCCCC2)c1. The molecule has 1 saturated heterocycles. The number of nitrogens with two attached hydrogens (primary N) is 1. The first-order valence-corrected chi connectivity index (χ1v) is 6.49. The molecule has 18 heavy (non-hydrogen) atoms. The number of piperidine rings is 1. The van der Waals surface area contributed by atoms with Crippen molar-refractivity contribution in [1.82, 2.24) is 9.88 Å². The Morgan fingerprint density at radius 2 is 2.17 bits per heavy atom. The van der Waals surface area contributed by atoms with Crippen molar-refractivity contribution in [2.45, 2.75) is 25.7 Å². The van der Waals surface area contributed by atoms with Crippen LogP contribution >= 0.6 is 0 Å². The van der Waals surface area contributed by atoms with Crippen molar-refractivity contribution >= 4 is 17.4 Å². The maximum atomic E-state index is 11.9. The number of aromatic nitrogens is 1. The number of nitrogen functional groups attached to an aromatic ring is 1. The van der Waals surface area contributed by atoms with Crippen molar-refractivity contribution in [2.24, 2.45) is 0 Å². The highest BCUT2D eigenvalue weighted by atomic mass is 16.2. The molecule has 0 bridgehead atoms. The number of amides is 1. The lowest BCUT2D eigenvalue weighted by Crippen LogP contribution is -2.36. The van der Waals surface area contributed by atoms with Crippen LogP contribution in [0.4, 0.5) is 11.5 Å². The minimum absolute atomic E-state index is 0.228. The summed E-state index contributed by atoms with van der Waals surface area (Å²) in [5, 5.41) is 3.12. The number of rotatable bonds is 4. The summed E-state index contributed by atoms with van der Waals surface area (Å²) in [6, 6.07) is 3.51. The molecule has 1 aliphatic rings. The van der Waals surface area contributed by atoms with Gasteiger partial charge < -0.3 is 16.0 Å². The molecule has 5 nitrogen and oxygen atoms in total. The molecule has 0 atom stereocenters. The molecular weight excluding hydrogens is 228 g/mol. The largest absolute Gasteiger partial charge is 0.399 e. The zero-order valence-electron chi connectivity index (χ0n) is 10.6. The van der Waals surface area contributed by atoms with E-state index in [1.165, 1.54) is 6.42 Å². The maximum Gasteiger partial charge on any atom is 0.224 e. The van der Waals surface area contributed by atoms with Crippen LogP contribution in [0.1, 0.15) is 25.7 Å². The van der Waals surface area contributed by atoms with E-state index in [1.807, 2.05) is 4.90 Å². The first kappa shape index (κ1) is 12.7. The highest BCUT2D eigenvalue weighted by Gasteiger charge is 2.15. The Morgan fingerprint density at radius 1 is 1.39 bits per heavy atom. The molecular formula is C13H20N4O. The lowest BCUT2D eigenvalue weighted by Gasteiger charge is -2.26. The number of nitrogens with zero attached hydrogens (tertiary/aromatic N) is 2. The summed E-state index contributed by atoms with van der Waals surface area (Å²) in [5.41, 5.74) is 6.33. The van der Waals surface area contributed by atoms with Gasteiger partial charge in [0.2, 0.25) is 5.91 Å². The first-order chi connectivity index (χ1) is 8.75. The van der Waals surface area contributed by atoms with Crippen molar-refractivity contribution in [3.05, 3.63) is 18.3 Å². The second-order valence-electron chi connectivity index (χ2n) is 4.59. The third-order valence-electron chi connectivity index (χ3n) is 3.14. The quantitative estimate of drug-likeness (QED) is 0.846. The number of hydrogen-bond donors (Lipinski definition) is 2. The lowest BCUT2D eigenvalue weighted by atomic mass is 10.1. The van der Waals surface area contributed by atoms with Gasteiger partial charge in [0.25, 0.3) is 0 Å². The zero-order chi connectivity index (χ0) is 12.8. The Labute approximate surface area is 107 Å². The third-order valence-corrected chi connectivity index (χ3v) is 3.14. The molecule has 1 fully saturated rings. The lowest BCUT2D eigenvalue weighted by molar-refractivity contribution is -0.131. The van der Waals surface area contributed by atoms with Crippen molar-refractivity contribution < 1.29 is 4.79 Å². The molecule has 0 unspecified atom stereocenters. The topological polar surface area (TPSA) is 71.2 Å². The zero-order valence-corrected chi connectivity index (χ0v) is 10.6. The molecule has 3 N–H and O–H groups in total. The van der Waals surface area contributed by atoms with E-state index in [0.29, 0.717) is 18.7 Å². The number of anilines is 2. The predicted molar refractivity (Wildman–Crippen MR) is 72.2 cm³/mol. The molecule has 5 heteroatoms. The fraction of sp³-hybridized carbons (Fsp3) is 0.538. The highest BCUT2D eigenvalue weighted by molar-refractivity contribution is 5.76. The summed E-state index contributed by atoms with van der Waals surface area (Å²) in [6.07, 6.45) is 5.68. The van der Waals surface area contributed by atoms with Gasteiger partial charge in [0, 0.05) is 44.0 Å². The van der Waals surface area contributed by atoms with Gasteiger partial charge in [-0.2, -0.15) is 0 Å². The molecule has 0 aromatic carbocycles. The second kappa shape index (κ2) is 6.23. The minimum atomic E-state index is 0.228. The summed E-state index contributed by atoms with van der Waals surface area (Å²) < 4.78 is 0. The smallest absolute Gasteiger partial charge is 0.224 e. The fourth-order valence-corrected chi connectivity index (χ4v) is 2.14. The second-order valence-corrected chi connectivity index (χ2v) is 4.59. The molecule has 0 spiro atoms. The molecule has 0 aliphatic carbocycles. The molecule has 2 heterocycles. The molecule has 0 saturated carbocycles. The normalized spacial score (nSPS) is 15.4. The number of carbonyl (C=O) groups excluding carboxylic acids is 1. The van der Waals surface area contributed by atoms with Gasteiger partial charge in [-0.1, -0.05) is 0 Å². The van der Waals surface area contributed by atoms with Gasteiger partial charge >= 0.3 is 0 Å². The molecule has 1 amide bonds. The van der Waals surface area contributed by atoms with E-state index in [0.717, 1.165) is 31.7 Å². The minimum Gasteiger partial charge on any atom is -0.399 e. The van der Waals surface area contributed by atoms with Crippen LogP contribution in [0.15, 0.2) is 18.3 Å². The Morgan fingerprint density at radius 3 is 2.89 bits per heavy atom. The molecule has 98 valence electrons. The average molecular weight is 248 g/mol. The van der Waals surface area contributed by atoms with Crippen molar-refractivity contribution in [2.75, 3.05) is 30.7 Å². The van der Waals surface area contributed by atoms with E-state index in [1.54, 1.807) is 18.3 Å². The van der Waals surface area contributed by atoms with E-state index in [4.69, 9.17) is 5.73 Å². The van der Waals surface area contributed by atoms with Gasteiger partial charge in [-0.15, -0.1) is 0 Å². The molecule has 1 aromatic heterocycles. The summed E-state index contributed by atoms with van der Waals surface area (Å²) >= 11 is 0. The fourth-order valence-electron chi connectivity index (χ4n) is 2.14. The summed E-state index contributed by atoms with van der Waals surface area (Å²) in [7, 11) is 0. The van der Waals surface area contributed by atoms with Crippen molar-refractivity contribution in [3.8, 4) is 0 Å². The number of likely N-dealkylation sites (tertiary alicyclic amines) is 1. The van der Waals surface area contributed by atoms with E-state index < -0.39 is 0 Å². The van der Waals surface area contributed by atoms with Crippen LogP contribution in [-0.4, -0.2) is 35.4 Å². The standard InChI is InChI=1S/C13H20N4O/c14-11-4-6-15-12(10-11)16-7-5-13(18)17-8-2-1-3-9-17/h4,6,10H,1-3,5,7-9H2,(H3,14,15,16). The molecule has 1 aromatic rings.